The summed E-state index contributed by atoms with van der Waals surface area (Å²) in [6, 6.07) is 0. The van der Waals surface area contributed by atoms with E-state index >= 15 is 0 Å². The van der Waals surface area contributed by atoms with E-state index in [0.29, 0.717) is 11.3 Å². The number of hydrogen-bond acceptors (Lipinski definition) is 2. The van der Waals surface area contributed by atoms with Crippen molar-refractivity contribution < 1.29 is 9.53 Å². The predicted octanol–water partition coefficient (Wildman–Crippen LogP) is 4.32. The molecule has 18 heavy (non-hydrogen) atoms. The van der Waals surface area contributed by atoms with E-state index in [0.717, 1.165) is 12.8 Å². The first-order valence-corrected chi connectivity index (χ1v) is 7.53. The van der Waals surface area contributed by atoms with Crippen molar-refractivity contribution in [3.8, 4) is 0 Å². The molecule has 104 valence electrons. The summed E-state index contributed by atoms with van der Waals surface area (Å²) in [6.45, 7) is 10.5. The quantitative estimate of drug-likeness (QED) is 0.696. The molecule has 0 aromatic rings. The summed E-state index contributed by atoms with van der Waals surface area (Å²) in [7, 11) is 0. The van der Waals surface area contributed by atoms with E-state index in [1.807, 2.05) is 13.8 Å². The Morgan fingerprint density at radius 3 is 2.28 bits per heavy atom. The molecule has 0 saturated heterocycles. The van der Waals surface area contributed by atoms with E-state index < -0.39 is 0 Å². The Morgan fingerprint density at radius 1 is 1.22 bits per heavy atom. The van der Waals surface area contributed by atoms with Gasteiger partial charge in [-0.1, -0.05) is 20.8 Å². The summed E-state index contributed by atoms with van der Waals surface area (Å²) in [5.74, 6) is 0.436. The number of esters is 1. The highest BCUT2D eigenvalue weighted by atomic mass is 16.6. The maximum atomic E-state index is 12.5. The molecule has 2 fully saturated rings. The predicted molar refractivity (Wildman–Crippen MR) is 73.3 cm³/mol. The number of ether oxygens (including phenoxy) is 1. The minimum atomic E-state index is -0.347. The molecule has 2 nitrogen and oxygen atoms in total. The third-order valence-corrected chi connectivity index (χ3v) is 5.60. The van der Waals surface area contributed by atoms with Gasteiger partial charge >= 0.3 is 5.97 Å². The van der Waals surface area contributed by atoms with Gasteiger partial charge in [-0.2, -0.15) is 0 Å². The van der Waals surface area contributed by atoms with E-state index in [1.165, 1.54) is 25.7 Å². The number of rotatable bonds is 4. The van der Waals surface area contributed by atoms with Gasteiger partial charge in [0.2, 0.25) is 0 Å². The van der Waals surface area contributed by atoms with E-state index in [-0.39, 0.29) is 17.0 Å². The second-order valence-electron chi connectivity index (χ2n) is 7.31. The lowest BCUT2D eigenvalue weighted by Crippen LogP contribution is -2.47. The van der Waals surface area contributed by atoms with Crippen LogP contribution in [0, 0.1) is 16.7 Å². The lowest BCUT2D eigenvalue weighted by atomic mass is 9.77. The standard InChI is InChI=1S/C16H28O2/c1-6-14(4,5)13(17)18-16(12(2)3)9-7-8-15(16)10-11-15/h12H,6-11H2,1-5H3. The number of carbonyl (C=O) groups excluding carboxylic acids is 1. The van der Waals surface area contributed by atoms with Gasteiger partial charge in [-0.15, -0.1) is 0 Å². The molecule has 2 rings (SSSR count). The van der Waals surface area contributed by atoms with Gasteiger partial charge in [0, 0.05) is 5.41 Å². The summed E-state index contributed by atoms with van der Waals surface area (Å²) < 4.78 is 6.15. The Balaban J connectivity index is 2.21. The molecule has 1 unspecified atom stereocenters. The minimum absolute atomic E-state index is 0.00637. The van der Waals surface area contributed by atoms with Crippen LogP contribution in [0.15, 0.2) is 0 Å². The van der Waals surface area contributed by atoms with Crippen LogP contribution in [-0.2, 0) is 9.53 Å². The van der Waals surface area contributed by atoms with Gasteiger partial charge in [0.15, 0.2) is 0 Å². The monoisotopic (exact) mass is 252 g/mol. The molecule has 0 amide bonds. The van der Waals surface area contributed by atoms with Gasteiger partial charge in [-0.05, 0) is 58.3 Å². The summed E-state index contributed by atoms with van der Waals surface area (Å²) in [6.07, 6.45) is 6.89. The maximum Gasteiger partial charge on any atom is 0.312 e. The summed E-state index contributed by atoms with van der Waals surface area (Å²) >= 11 is 0. The van der Waals surface area contributed by atoms with Crippen LogP contribution in [0.1, 0.15) is 73.1 Å². The third-order valence-electron chi connectivity index (χ3n) is 5.60. The molecule has 2 aliphatic carbocycles. The molecule has 0 heterocycles. The zero-order valence-electron chi connectivity index (χ0n) is 12.6. The first-order chi connectivity index (χ1) is 8.30. The van der Waals surface area contributed by atoms with Gasteiger partial charge in [-0.25, -0.2) is 0 Å². The van der Waals surface area contributed by atoms with Crippen LogP contribution in [-0.4, -0.2) is 11.6 Å². The van der Waals surface area contributed by atoms with Crippen LogP contribution in [0.2, 0.25) is 0 Å². The Morgan fingerprint density at radius 2 is 1.83 bits per heavy atom. The first kappa shape index (κ1) is 13.9. The average molecular weight is 252 g/mol. The van der Waals surface area contributed by atoms with E-state index in [2.05, 4.69) is 20.8 Å². The van der Waals surface area contributed by atoms with Crippen molar-refractivity contribution in [3.63, 3.8) is 0 Å². The maximum absolute atomic E-state index is 12.5. The normalized spacial score (nSPS) is 29.9. The fourth-order valence-corrected chi connectivity index (χ4v) is 3.62. The molecule has 1 spiro atoms. The van der Waals surface area contributed by atoms with Crippen LogP contribution in [0.5, 0.6) is 0 Å². The molecule has 0 N–H and O–H groups in total. The molecule has 0 aliphatic heterocycles. The SMILES string of the molecule is CCC(C)(C)C(=O)OC1(C(C)C)CCCC12CC2. The van der Waals surface area contributed by atoms with Crippen molar-refractivity contribution in [3.05, 3.63) is 0 Å². The summed E-state index contributed by atoms with van der Waals surface area (Å²) in [5.41, 5.74) is -0.183. The van der Waals surface area contributed by atoms with Gasteiger partial charge in [0.25, 0.3) is 0 Å². The van der Waals surface area contributed by atoms with E-state index in [4.69, 9.17) is 4.74 Å². The highest BCUT2D eigenvalue weighted by Gasteiger charge is 2.65. The van der Waals surface area contributed by atoms with E-state index in [9.17, 15) is 4.79 Å². The topological polar surface area (TPSA) is 26.3 Å². The van der Waals surface area contributed by atoms with Crippen molar-refractivity contribution in [1.29, 1.82) is 0 Å². The lowest BCUT2D eigenvalue weighted by molar-refractivity contribution is -0.184. The molecular formula is C16H28O2. The fraction of sp³-hybridized carbons (Fsp3) is 0.938. The van der Waals surface area contributed by atoms with Gasteiger partial charge < -0.3 is 4.74 Å². The van der Waals surface area contributed by atoms with Crippen LogP contribution in [0.25, 0.3) is 0 Å². The van der Waals surface area contributed by atoms with Crippen molar-refractivity contribution >= 4 is 5.97 Å². The van der Waals surface area contributed by atoms with Crippen molar-refractivity contribution in [2.75, 3.05) is 0 Å². The first-order valence-electron chi connectivity index (χ1n) is 7.53. The van der Waals surface area contributed by atoms with Crippen molar-refractivity contribution in [1.82, 2.24) is 0 Å². The Kier molecular flexibility index (Phi) is 3.28. The Hall–Kier alpha value is -0.530. The summed E-state index contributed by atoms with van der Waals surface area (Å²) in [4.78, 5) is 12.5. The van der Waals surface area contributed by atoms with Gasteiger partial charge in [0.1, 0.15) is 5.60 Å². The molecule has 0 bridgehead atoms. The highest BCUT2D eigenvalue weighted by Crippen LogP contribution is 2.67. The molecule has 2 saturated carbocycles. The average Bonchev–Trinajstić information content (AvgIpc) is 2.98. The molecule has 0 aromatic carbocycles. The molecule has 2 heteroatoms. The fourth-order valence-electron chi connectivity index (χ4n) is 3.62. The van der Waals surface area contributed by atoms with Crippen LogP contribution in [0.3, 0.4) is 0 Å². The van der Waals surface area contributed by atoms with Crippen molar-refractivity contribution in [2.45, 2.75) is 78.7 Å². The molecular weight excluding hydrogens is 224 g/mol. The van der Waals surface area contributed by atoms with Crippen molar-refractivity contribution in [2.24, 2.45) is 16.7 Å². The molecule has 0 radical (unpaired) electrons. The smallest absolute Gasteiger partial charge is 0.312 e. The van der Waals surface area contributed by atoms with Crippen LogP contribution >= 0.6 is 0 Å². The number of carbonyl (C=O) groups is 1. The Bertz CT molecular complexity index is 339. The van der Waals surface area contributed by atoms with Crippen LogP contribution in [0.4, 0.5) is 0 Å². The zero-order chi connectivity index (χ0) is 13.6. The minimum Gasteiger partial charge on any atom is -0.458 e. The summed E-state index contributed by atoms with van der Waals surface area (Å²) in [5, 5.41) is 0. The third kappa shape index (κ3) is 1.88. The zero-order valence-corrected chi connectivity index (χ0v) is 12.6. The molecule has 2 aliphatic rings. The van der Waals surface area contributed by atoms with Gasteiger partial charge in [-0.3, -0.25) is 4.79 Å². The Labute approximate surface area is 111 Å². The van der Waals surface area contributed by atoms with Crippen LogP contribution < -0.4 is 0 Å². The molecule has 1 atom stereocenters. The lowest BCUT2D eigenvalue weighted by Gasteiger charge is -2.41. The highest BCUT2D eigenvalue weighted by molar-refractivity contribution is 5.76. The van der Waals surface area contributed by atoms with E-state index in [1.54, 1.807) is 0 Å². The second kappa shape index (κ2) is 4.25. The molecule has 0 aromatic heterocycles. The van der Waals surface area contributed by atoms with Gasteiger partial charge in [0.05, 0.1) is 5.41 Å². The largest absolute Gasteiger partial charge is 0.458 e. The number of hydrogen-bond donors (Lipinski definition) is 0. The second-order valence-corrected chi connectivity index (χ2v) is 7.31.